The zero-order valence-electron chi connectivity index (χ0n) is 11.0. The SMILES string of the molecule is O=C1CCC(C2CCC(O)C3(CCC3O)C2)CC1. The van der Waals surface area contributed by atoms with Crippen molar-refractivity contribution in [2.45, 2.75) is 70.0 Å². The van der Waals surface area contributed by atoms with Crippen LogP contribution < -0.4 is 0 Å². The predicted molar refractivity (Wildman–Crippen MR) is 68.0 cm³/mol. The van der Waals surface area contributed by atoms with E-state index >= 15 is 0 Å². The van der Waals surface area contributed by atoms with Crippen molar-refractivity contribution >= 4 is 5.78 Å². The van der Waals surface area contributed by atoms with Gasteiger partial charge in [-0.1, -0.05) is 0 Å². The minimum Gasteiger partial charge on any atom is -0.392 e. The zero-order chi connectivity index (χ0) is 12.8. The highest BCUT2D eigenvalue weighted by atomic mass is 16.3. The molecule has 3 nitrogen and oxygen atoms in total. The molecule has 0 heterocycles. The van der Waals surface area contributed by atoms with Crippen LogP contribution in [0.15, 0.2) is 0 Å². The Kier molecular flexibility index (Phi) is 3.23. The highest BCUT2D eigenvalue weighted by Crippen LogP contribution is 2.55. The maximum Gasteiger partial charge on any atom is 0.132 e. The molecule has 3 saturated carbocycles. The Morgan fingerprint density at radius 2 is 1.56 bits per heavy atom. The van der Waals surface area contributed by atoms with Crippen molar-refractivity contribution in [2.75, 3.05) is 0 Å². The first-order chi connectivity index (χ1) is 8.62. The molecule has 2 N–H and O–H groups in total. The second kappa shape index (κ2) is 4.61. The van der Waals surface area contributed by atoms with Crippen LogP contribution in [0.4, 0.5) is 0 Å². The zero-order valence-corrected chi connectivity index (χ0v) is 11.0. The van der Waals surface area contributed by atoms with Gasteiger partial charge in [-0.2, -0.15) is 0 Å². The molecule has 0 aromatic heterocycles. The van der Waals surface area contributed by atoms with E-state index in [4.69, 9.17) is 0 Å². The summed E-state index contributed by atoms with van der Waals surface area (Å²) in [7, 11) is 0. The summed E-state index contributed by atoms with van der Waals surface area (Å²) in [5.41, 5.74) is -0.190. The van der Waals surface area contributed by atoms with Crippen LogP contribution in [0, 0.1) is 17.3 Å². The molecule has 0 aliphatic heterocycles. The number of carbonyl (C=O) groups excluding carboxylic acids is 1. The van der Waals surface area contributed by atoms with Crippen molar-refractivity contribution in [3.8, 4) is 0 Å². The first-order valence-electron chi connectivity index (χ1n) is 7.49. The Morgan fingerprint density at radius 1 is 0.889 bits per heavy atom. The molecular weight excluding hydrogens is 228 g/mol. The number of Topliss-reactive ketones (excluding diaryl/α,β-unsaturated/α-hetero) is 1. The Morgan fingerprint density at radius 3 is 2.11 bits per heavy atom. The van der Waals surface area contributed by atoms with E-state index in [1.54, 1.807) is 0 Å². The molecule has 0 aromatic rings. The van der Waals surface area contributed by atoms with Crippen LogP contribution in [0.5, 0.6) is 0 Å². The fourth-order valence-electron chi connectivity index (χ4n) is 4.49. The van der Waals surface area contributed by atoms with Gasteiger partial charge in [0, 0.05) is 18.3 Å². The van der Waals surface area contributed by atoms with Crippen LogP contribution in [0.3, 0.4) is 0 Å². The average Bonchev–Trinajstić information content (AvgIpc) is 2.38. The molecule has 3 heteroatoms. The van der Waals surface area contributed by atoms with E-state index in [2.05, 4.69) is 0 Å². The van der Waals surface area contributed by atoms with Crippen molar-refractivity contribution in [3.63, 3.8) is 0 Å². The highest BCUT2D eigenvalue weighted by molar-refractivity contribution is 5.79. The number of ketones is 1. The fourth-order valence-corrected chi connectivity index (χ4v) is 4.49. The lowest BCUT2D eigenvalue weighted by molar-refractivity contribution is -0.173. The van der Waals surface area contributed by atoms with Gasteiger partial charge in [0.15, 0.2) is 0 Å². The fraction of sp³-hybridized carbons (Fsp3) is 0.933. The van der Waals surface area contributed by atoms with Crippen LogP contribution in [0.2, 0.25) is 0 Å². The maximum atomic E-state index is 11.3. The Bertz CT molecular complexity index is 331. The lowest BCUT2D eigenvalue weighted by atomic mass is 9.53. The van der Waals surface area contributed by atoms with E-state index in [1.165, 1.54) is 0 Å². The number of aliphatic hydroxyl groups is 2. The Hall–Kier alpha value is -0.410. The van der Waals surface area contributed by atoms with Crippen LogP contribution in [0.25, 0.3) is 0 Å². The first kappa shape index (κ1) is 12.6. The van der Waals surface area contributed by atoms with Gasteiger partial charge in [-0.3, -0.25) is 4.79 Å². The van der Waals surface area contributed by atoms with Gasteiger partial charge >= 0.3 is 0 Å². The smallest absolute Gasteiger partial charge is 0.132 e. The van der Waals surface area contributed by atoms with E-state index in [-0.39, 0.29) is 17.6 Å². The summed E-state index contributed by atoms with van der Waals surface area (Å²) in [6.45, 7) is 0. The summed E-state index contributed by atoms with van der Waals surface area (Å²) in [4.78, 5) is 11.3. The minimum absolute atomic E-state index is 0.190. The molecular formula is C15H24O3. The average molecular weight is 252 g/mol. The summed E-state index contributed by atoms with van der Waals surface area (Å²) in [6, 6.07) is 0. The molecule has 0 radical (unpaired) electrons. The second-order valence-corrected chi connectivity index (χ2v) is 6.72. The quantitative estimate of drug-likeness (QED) is 0.751. The molecule has 4 atom stereocenters. The number of hydrogen-bond donors (Lipinski definition) is 2. The third-order valence-electron chi connectivity index (χ3n) is 5.92. The van der Waals surface area contributed by atoms with Crippen molar-refractivity contribution in [1.29, 1.82) is 0 Å². The van der Waals surface area contributed by atoms with Crippen LogP contribution in [-0.4, -0.2) is 28.2 Å². The van der Waals surface area contributed by atoms with Gasteiger partial charge in [0.25, 0.3) is 0 Å². The van der Waals surface area contributed by atoms with Crippen LogP contribution in [0.1, 0.15) is 57.8 Å². The summed E-state index contributed by atoms with van der Waals surface area (Å²) in [5, 5.41) is 20.2. The van der Waals surface area contributed by atoms with Gasteiger partial charge in [0.2, 0.25) is 0 Å². The lowest BCUT2D eigenvalue weighted by Crippen LogP contribution is -2.56. The molecule has 1 spiro atoms. The third-order valence-corrected chi connectivity index (χ3v) is 5.92. The van der Waals surface area contributed by atoms with E-state index in [0.717, 1.165) is 57.8 Å². The van der Waals surface area contributed by atoms with Gasteiger partial charge < -0.3 is 10.2 Å². The lowest BCUT2D eigenvalue weighted by Gasteiger charge is -2.55. The highest BCUT2D eigenvalue weighted by Gasteiger charge is 2.54. The van der Waals surface area contributed by atoms with Crippen LogP contribution >= 0.6 is 0 Å². The van der Waals surface area contributed by atoms with E-state index in [0.29, 0.717) is 17.6 Å². The van der Waals surface area contributed by atoms with Gasteiger partial charge in [-0.25, -0.2) is 0 Å². The topological polar surface area (TPSA) is 57.5 Å². The largest absolute Gasteiger partial charge is 0.392 e. The number of rotatable bonds is 1. The van der Waals surface area contributed by atoms with Gasteiger partial charge in [-0.15, -0.1) is 0 Å². The first-order valence-corrected chi connectivity index (χ1v) is 7.49. The number of hydrogen-bond acceptors (Lipinski definition) is 3. The molecule has 3 aliphatic rings. The molecule has 18 heavy (non-hydrogen) atoms. The van der Waals surface area contributed by atoms with Gasteiger partial charge in [0.05, 0.1) is 12.2 Å². The van der Waals surface area contributed by atoms with Crippen molar-refractivity contribution in [2.24, 2.45) is 17.3 Å². The second-order valence-electron chi connectivity index (χ2n) is 6.72. The minimum atomic E-state index is -0.303. The summed E-state index contributed by atoms with van der Waals surface area (Å²) >= 11 is 0. The van der Waals surface area contributed by atoms with Gasteiger partial charge in [0.1, 0.15) is 5.78 Å². The monoisotopic (exact) mass is 252 g/mol. The molecule has 0 amide bonds. The standard InChI is InChI=1S/C15H24O3/c16-12-4-1-10(2-5-12)11-3-6-13(17)15(9-11)8-7-14(15)18/h10-11,13-14,17-18H,1-9H2. The van der Waals surface area contributed by atoms with Crippen LogP contribution in [-0.2, 0) is 4.79 Å². The van der Waals surface area contributed by atoms with E-state index < -0.39 is 0 Å². The molecule has 102 valence electrons. The molecule has 3 aliphatic carbocycles. The summed E-state index contributed by atoms with van der Waals surface area (Å²) in [6.07, 6.45) is 7.71. The number of carbonyl (C=O) groups is 1. The van der Waals surface area contributed by atoms with E-state index in [1.807, 2.05) is 0 Å². The summed E-state index contributed by atoms with van der Waals surface area (Å²) in [5.74, 6) is 1.69. The maximum absolute atomic E-state index is 11.3. The molecule has 3 fully saturated rings. The molecule has 0 saturated heterocycles. The molecule has 0 aromatic carbocycles. The van der Waals surface area contributed by atoms with Gasteiger partial charge in [-0.05, 0) is 56.8 Å². The summed E-state index contributed by atoms with van der Waals surface area (Å²) < 4.78 is 0. The molecule has 3 rings (SSSR count). The molecule has 4 unspecified atom stereocenters. The van der Waals surface area contributed by atoms with Crippen molar-refractivity contribution in [3.05, 3.63) is 0 Å². The predicted octanol–water partition coefficient (Wildman–Crippen LogP) is 2.05. The molecule has 0 bridgehead atoms. The van der Waals surface area contributed by atoms with Crippen molar-refractivity contribution in [1.82, 2.24) is 0 Å². The van der Waals surface area contributed by atoms with Crippen molar-refractivity contribution < 1.29 is 15.0 Å². The third kappa shape index (κ3) is 1.92. The number of aliphatic hydroxyl groups excluding tert-OH is 2. The van der Waals surface area contributed by atoms with E-state index in [9.17, 15) is 15.0 Å². The Balaban J connectivity index is 1.66. The normalized spacial score (nSPS) is 46.1. The Labute approximate surface area is 109 Å².